The third kappa shape index (κ3) is 2.02. The molecule has 0 radical (unpaired) electrons. The van der Waals surface area contributed by atoms with Crippen molar-refractivity contribution in [1.82, 2.24) is 0 Å². The van der Waals surface area contributed by atoms with Gasteiger partial charge in [-0.25, -0.2) is 4.79 Å². The molecule has 0 amide bonds. The van der Waals surface area contributed by atoms with Crippen LogP contribution in [0.1, 0.15) is 28.8 Å². The highest BCUT2D eigenvalue weighted by atomic mass is 16.4. The van der Waals surface area contributed by atoms with Crippen LogP contribution in [-0.4, -0.2) is 28.3 Å². The predicted octanol–water partition coefficient (Wildman–Crippen LogP) is 1.63. The molecule has 0 saturated heterocycles. The molecule has 1 fully saturated rings. The van der Waals surface area contributed by atoms with Crippen molar-refractivity contribution in [1.29, 1.82) is 0 Å². The molecule has 1 aliphatic rings. The van der Waals surface area contributed by atoms with E-state index in [1.807, 2.05) is 13.0 Å². The number of anilines is 1. The van der Waals surface area contributed by atoms with E-state index < -0.39 is 5.97 Å². The minimum Gasteiger partial charge on any atom is -0.478 e. The summed E-state index contributed by atoms with van der Waals surface area (Å²) in [5.41, 5.74) is 1.47. The Balaban J connectivity index is 2.29. The maximum absolute atomic E-state index is 11.1. The fourth-order valence-electron chi connectivity index (χ4n) is 1.70. The van der Waals surface area contributed by atoms with Gasteiger partial charge in [-0.05, 0) is 31.9 Å². The highest BCUT2D eigenvalue weighted by molar-refractivity contribution is 5.94. The summed E-state index contributed by atoms with van der Waals surface area (Å²) in [7, 11) is 0. The van der Waals surface area contributed by atoms with Crippen LogP contribution in [0.15, 0.2) is 18.2 Å². The van der Waals surface area contributed by atoms with E-state index in [1.165, 1.54) is 0 Å². The molecule has 4 nitrogen and oxygen atoms in total. The van der Waals surface area contributed by atoms with E-state index in [2.05, 4.69) is 5.32 Å². The van der Waals surface area contributed by atoms with Crippen LogP contribution in [0.4, 0.5) is 5.69 Å². The first kappa shape index (κ1) is 11.0. The van der Waals surface area contributed by atoms with Gasteiger partial charge in [0.05, 0.1) is 17.7 Å². The molecule has 1 saturated carbocycles. The second kappa shape index (κ2) is 3.79. The summed E-state index contributed by atoms with van der Waals surface area (Å²) in [4.78, 5) is 11.1. The molecule has 0 bridgehead atoms. The van der Waals surface area contributed by atoms with Crippen molar-refractivity contribution in [3.63, 3.8) is 0 Å². The fourth-order valence-corrected chi connectivity index (χ4v) is 1.70. The van der Waals surface area contributed by atoms with Gasteiger partial charge in [0.1, 0.15) is 0 Å². The summed E-state index contributed by atoms with van der Waals surface area (Å²) in [5, 5.41) is 21.4. The van der Waals surface area contributed by atoms with Gasteiger partial charge in [-0.1, -0.05) is 11.6 Å². The van der Waals surface area contributed by atoms with Crippen molar-refractivity contribution in [2.75, 3.05) is 11.9 Å². The molecule has 1 aliphatic carbocycles. The monoisotopic (exact) mass is 221 g/mol. The number of rotatable bonds is 4. The van der Waals surface area contributed by atoms with Gasteiger partial charge >= 0.3 is 5.97 Å². The average Bonchev–Trinajstić information content (AvgIpc) is 3.01. The number of hydrogen-bond acceptors (Lipinski definition) is 3. The molecule has 86 valence electrons. The lowest BCUT2D eigenvalue weighted by atomic mass is 10.1. The van der Waals surface area contributed by atoms with E-state index in [4.69, 9.17) is 5.11 Å². The summed E-state index contributed by atoms with van der Waals surface area (Å²) in [6, 6.07) is 5.26. The summed E-state index contributed by atoms with van der Waals surface area (Å²) in [6.45, 7) is 1.90. The zero-order chi connectivity index (χ0) is 11.8. The summed E-state index contributed by atoms with van der Waals surface area (Å²) in [5.74, 6) is -0.945. The first-order valence-corrected chi connectivity index (χ1v) is 5.29. The Hall–Kier alpha value is -1.55. The van der Waals surface area contributed by atoms with Gasteiger partial charge in [0.2, 0.25) is 0 Å². The Morgan fingerprint density at radius 3 is 2.69 bits per heavy atom. The molecule has 2 rings (SSSR count). The fraction of sp³-hybridized carbons (Fsp3) is 0.417. The maximum atomic E-state index is 11.1. The number of nitrogens with one attached hydrogen (secondary N) is 1. The topological polar surface area (TPSA) is 69.6 Å². The minimum atomic E-state index is -0.945. The normalized spacial score (nSPS) is 16.9. The number of aliphatic hydroxyl groups excluding tert-OH is 1. The molecular formula is C12H15NO3. The van der Waals surface area contributed by atoms with Crippen molar-refractivity contribution in [3.8, 4) is 0 Å². The third-order valence-electron chi connectivity index (χ3n) is 2.96. The SMILES string of the molecule is Cc1ccc(NC2(CO)CC2)c(C(=O)O)c1. The number of carboxylic acid groups (broad SMARTS) is 1. The molecule has 1 aromatic carbocycles. The van der Waals surface area contributed by atoms with Crippen LogP contribution >= 0.6 is 0 Å². The lowest BCUT2D eigenvalue weighted by Gasteiger charge is -2.17. The lowest BCUT2D eigenvalue weighted by molar-refractivity contribution is 0.0697. The van der Waals surface area contributed by atoms with Gasteiger partial charge in [-0.15, -0.1) is 0 Å². The van der Waals surface area contributed by atoms with E-state index in [-0.39, 0.29) is 17.7 Å². The molecule has 1 aromatic rings. The number of carbonyl (C=O) groups is 1. The molecule has 3 N–H and O–H groups in total. The van der Waals surface area contributed by atoms with Crippen molar-refractivity contribution in [2.24, 2.45) is 0 Å². The summed E-state index contributed by atoms with van der Waals surface area (Å²) < 4.78 is 0. The van der Waals surface area contributed by atoms with E-state index in [1.54, 1.807) is 12.1 Å². The second-order valence-corrected chi connectivity index (χ2v) is 4.42. The minimum absolute atomic E-state index is 0.0416. The van der Waals surface area contributed by atoms with E-state index in [9.17, 15) is 9.90 Å². The Kier molecular flexibility index (Phi) is 2.59. The highest BCUT2D eigenvalue weighted by Gasteiger charge is 2.42. The molecule has 0 unspecified atom stereocenters. The molecule has 0 heterocycles. The maximum Gasteiger partial charge on any atom is 0.337 e. The molecule has 16 heavy (non-hydrogen) atoms. The van der Waals surface area contributed by atoms with Crippen LogP contribution in [-0.2, 0) is 0 Å². The van der Waals surface area contributed by atoms with Gasteiger partial charge in [0, 0.05) is 5.69 Å². The first-order valence-electron chi connectivity index (χ1n) is 5.29. The van der Waals surface area contributed by atoms with Gasteiger partial charge in [-0.3, -0.25) is 0 Å². The Bertz CT molecular complexity index is 424. The lowest BCUT2D eigenvalue weighted by Crippen LogP contribution is -2.26. The molecule has 0 aliphatic heterocycles. The largest absolute Gasteiger partial charge is 0.478 e. The van der Waals surface area contributed by atoms with Gasteiger partial charge in [-0.2, -0.15) is 0 Å². The Morgan fingerprint density at radius 2 is 2.19 bits per heavy atom. The van der Waals surface area contributed by atoms with E-state index >= 15 is 0 Å². The molecule has 4 heteroatoms. The first-order chi connectivity index (χ1) is 7.56. The summed E-state index contributed by atoms with van der Waals surface area (Å²) >= 11 is 0. The Morgan fingerprint density at radius 1 is 1.50 bits per heavy atom. The zero-order valence-corrected chi connectivity index (χ0v) is 9.16. The van der Waals surface area contributed by atoms with Crippen molar-refractivity contribution < 1.29 is 15.0 Å². The molecule has 0 spiro atoms. The number of aliphatic hydroxyl groups is 1. The second-order valence-electron chi connectivity index (χ2n) is 4.42. The number of carboxylic acids is 1. The van der Waals surface area contributed by atoms with E-state index in [0.29, 0.717) is 5.69 Å². The highest BCUT2D eigenvalue weighted by Crippen LogP contribution is 2.39. The molecule has 0 aromatic heterocycles. The van der Waals surface area contributed by atoms with Crippen LogP contribution in [0.2, 0.25) is 0 Å². The molecule has 0 atom stereocenters. The van der Waals surface area contributed by atoms with E-state index in [0.717, 1.165) is 18.4 Å². The van der Waals surface area contributed by atoms with Crippen molar-refractivity contribution >= 4 is 11.7 Å². The quantitative estimate of drug-likeness (QED) is 0.722. The van der Waals surface area contributed by atoms with Crippen LogP contribution < -0.4 is 5.32 Å². The number of hydrogen-bond donors (Lipinski definition) is 3. The smallest absolute Gasteiger partial charge is 0.337 e. The van der Waals surface area contributed by atoms with Crippen molar-refractivity contribution in [3.05, 3.63) is 29.3 Å². The zero-order valence-electron chi connectivity index (χ0n) is 9.16. The number of aryl methyl sites for hydroxylation is 1. The summed E-state index contributed by atoms with van der Waals surface area (Å²) in [6.07, 6.45) is 1.77. The van der Waals surface area contributed by atoms with Crippen LogP contribution in [0.3, 0.4) is 0 Å². The number of aromatic carboxylic acids is 1. The third-order valence-corrected chi connectivity index (χ3v) is 2.96. The standard InChI is InChI=1S/C12H15NO3/c1-8-2-3-10(9(6-8)11(15)16)13-12(7-14)4-5-12/h2-3,6,13-14H,4-5,7H2,1H3,(H,15,16). The van der Waals surface area contributed by atoms with Crippen LogP contribution in [0, 0.1) is 6.92 Å². The van der Waals surface area contributed by atoms with Crippen molar-refractivity contribution in [2.45, 2.75) is 25.3 Å². The molecular weight excluding hydrogens is 206 g/mol. The van der Waals surface area contributed by atoms with Gasteiger partial charge in [0.25, 0.3) is 0 Å². The van der Waals surface area contributed by atoms with Gasteiger partial charge in [0.15, 0.2) is 0 Å². The number of benzene rings is 1. The average molecular weight is 221 g/mol. The van der Waals surface area contributed by atoms with Gasteiger partial charge < -0.3 is 15.5 Å². The Labute approximate surface area is 93.9 Å². The van der Waals surface area contributed by atoms with Crippen LogP contribution in [0.5, 0.6) is 0 Å². The predicted molar refractivity (Wildman–Crippen MR) is 60.8 cm³/mol. The van der Waals surface area contributed by atoms with Crippen LogP contribution in [0.25, 0.3) is 0 Å².